The van der Waals surface area contributed by atoms with E-state index in [4.69, 9.17) is 4.74 Å². The van der Waals surface area contributed by atoms with Crippen LogP contribution in [-0.4, -0.2) is 45.1 Å². The molecule has 0 fully saturated rings. The number of hydrogen-bond donors (Lipinski definition) is 1. The minimum atomic E-state index is -0.832. The van der Waals surface area contributed by atoms with Gasteiger partial charge in [0, 0.05) is 25.1 Å². The SMILES string of the molecule is COCCn1c(SCC(=O)Nc2c(F)cccc2F)nnc1-c1ccncc1. The summed E-state index contributed by atoms with van der Waals surface area (Å²) in [7, 11) is 1.58. The maximum Gasteiger partial charge on any atom is 0.235 e. The summed E-state index contributed by atoms with van der Waals surface area (Å²) < 4.78 is 34.3. The zero-order valence-corrected chi connectivity index (χ0v) is 15.7. The van der Waals surface area contributed by atoms with Crippen molar-refractivity contribution < 1.29 is 18.3 Å². The van der Waals surface area contributed by atoms with Gasteiger partial charge in [-0.1, -0.05) is 17.8 Å². The van der Waals surface area contributed by atoms with Crippen LogP contribution in [0.25, 0.3) is 11.4 Å². The number of aromatic nitrogens is 4. The highest BCUT2D eigenvalue weighted by atomic mass is 32.2. The first kappa shape index (κ1) is 19.9. The van der Waals surface area contributed by atoms with Crippen LogP contribution in [0.3, 0.4) is 0 Å². The van der Waals surface area contributed by atoms with Crippen LogP contribution in [0.4, 0.5) is 14.5 Å². The van der Waals surface area contributed by atoms with Gasteiger partial charge in [0.15, 0.2) is 11.0 Å². The third kappa shape index (κ3) is 4.70. The normalized spacial score (nSPS) is 10.8. The van der Waals surface area contributed by atoms with Gasteiger partial charge in [-0.15, -0.1) is 10.2 Å². The lowest BCUT2D eigenvalue weighted by Gasteiger charge is -2.10. The molecule has 0 atom stereocenters. The van der Waals surface area contributed by atoms with E-state index in [1.54, 1.807) is 31.6 Å². The van der Waals surface area contributed by atoms with Crippen molar-refractivity contribution >= 4 is 23.4 Å². The average molecular weight is 405 g/mol. The fourth-order valence-corrected chi connectivity index (χ4v) is 3.18. The Labute approximate surface area is 164 Å². The molecule has 10 heteroatoms. The minimum Gasteiger partial charge on any atom is -0.383 e. The first-order valence-corrected chi connectivity index (χ1v) is 9.28. The predicted molar refractivity (Wildman–Crippen MR) is 101 cm³/mol. The molecule has 0 unspecified atom stereocenters. The number of pyridine rings is 1. The zero-order valence-electron chi connectivity index (χ0n) is 14.9. The molecule has 1 amide bonds. The molecular formula is C18H17F2N5O2S. The quantitative estimate of drug-likeness (QED) is 0.580. The molecule has 0 spiro atoms. The van der Waals surface area contributed by atoms with E-state index in [2.05, 4.69) is 20.5 Å². The van der Waals surface area contributed by atoms with Crippen molar-refractivity contribution in [2.45, 2.75) is 11.7 Å². The molecule has 0 aliphatic rings. The Morgan fingerprint density at radius 2 is 1.89 bits per heavy atom. The third-order valence-electron chi connectivity index (χ3n) is 3.73. The Morgan fingerprint density at radius 1 is 1.18 bits per heavy atom. The first-order chi connectivity index (χ1) is 13.6. The number of ether oxygens (including phenoxy) is 1. The monoisotopic (exact) mass is 405 g/mol. The van der Waals surface area contributed by atoms with Crippen molar-refractivity contribution in [2.24, 2.45) is 0 Å². The summed E-state index contributed by atoms with van der Waals surface area (Å²) in [5.41, 5.74) is 0.356. The highest BCUT2D eigenvalue weighted by Gasteiger charge is 2.17. The molecule has 3 rings (SSSR count). The number of halogens is 2. The summed E-state index contributed by atoms with van der Waals surface area (Å²) in [5, 5.41) is 11.1. The van der Waals surface area contributed by atoms with Gasteiger partial charge >= 0.3 is 0 Å². The van der Waals surface area contributed by atoms with Gasteiger partial charge in [0.05, 0.1) is 18.9 Å². The molecule has 0 aliphatic carbocycles. The van der Waals surface area contributed by atoms with Crippen molar-refractivity contribution in [3.05, 3.63) is 54.4 Å². The second kappa shape index (κ2) is 9.38. The standard InChI is InChI=1S/C18H17F2N5O2S/c1-27-10-9-25-17(12-5-7-21-8-6-12)23-24-18(25)28-11-15(26)22-16-13(19)3-2-4-14(16)20/h2-8H,9-11H2,1H3,(H,22,26). The topological polar surface area (TPSA) is 81.9 Å². The van der Waals surface area contributed by atoms with E-state index in [1.807, 2.05) is 4.57 Å². The summed E-state index contributed by atoms with van der Waals surface area (Å²) in [6, 6.07) is 6.99. The highest BCUT2D eigenvalue weighted by molar-refractivity contribution is 7.99. The molecule has 3 aromatic rings. The number of nitrogens with zero attached hydrogens (tertiary/aromatic N) is 4. The van der Waals surface area contributed by atoms with Gasteiger partial charge in [0.1, 0.15) is 17.3 Å². The number of methoxy groups -OCH3 is 1. The number of anilines is 1. The lowest BCUT2D eigenvalue weighted by Crippen LogP contribution is -2.17. The number of para-hydroxylation sites is 1. The fourth-order valence-electron chi connectivity index (χ4n) is 2.42. The number of benzene rings is 1. The molecule has 2 heterocycles. The maximum atomic E-state index is 13.7. The largest absolute Gasteiger partial charge is 0.383 e. The summed E-state index contributed by atoms with van der Waals surface area (Å²) >= 11 is 1.11. The molecular weight excluding hydrogens is 388 g/mol. The predicted octanol–water partition coefficient (Wildman–Crippen LogP) is 3.00. The fraction of sp³-hybridized carbons (Fsp3) is 0.222. The van der Waals surface area contributed by atoms with E-state index in [9.17, 15) is 13.6 Å². The smallest absolute Gasteiger partial charge is 0.235 e. The van der Waals surface area contributed by atoms with Gasteiger partial charge in [0.25, 0.3) is 0 Å². The maximum absolute atomic E-state index is 13.7. The van der Waals surface area contributed by atoms with E-state index in [1.165, 1.54) is 6.07 Å². The van der Waals surface area contributed by atoms with Crippen molar-refractivity contribution in [1.29, 1.82) is 0 Å². The molecule has 7 nitrogen and oxygen atoms in total. The molecule has 146 valence electrons. The van der Waals surface area contributed by atoms with Crippen LogP contribution in [0.2, 0.25) is 0 Å². The Balaban J connectivity index is 1.73. The Morgan fingerprint density at radius 3 is 2.57 bits per heavy atom. The summed E-state index contributed by atoms with van der Waals surface area (Å²) in [6.45, 7) is 0.906. The number of hydrogen-bond acceptors (Lipinski definition) is 6. The van der Waals surface area contributed by atoms with E-state index in [0.29, 0.717) is 24.1 Å². The van der Waals surface area contributed by atoms with Crippen LogP contribution in [0.15, 0.2) is 47.9 Å². The summed E-state index contributed by atoms with van der Waals surface area (Å²) in [6.07, 6.45) is 3.29. The molecule has 0 bridgehead atoms. The summed E-state index contributed by atoms with van der Waals surface area (Å²) in [5.74, 6) is -1.69. The van der Waals surface area contributed by atoms with Crippen molar-refractivity contribution in [3.63, 3.8) is 0 Å². The van der Waals surface area contributed by atoms with Crippen LogP contribution in [0.1, 0.15) is 0 Å². The Hall–Kier alpha value is -2.85. The number of thioether (sulfide) groups is 1. The lowest BCUT2D eigenvalue weighted by molar-refractivity contribution is -0.113. The van der Waals surface area contributed by atoms with Gasteiger partial charge in [-0.2, -0.15) is 0 Å². The van der Waals surface area contributed by atoms with E-state index in [-0.39, 0.29) is 5.75 Å². The van der Waals surface area contributed by atoms with Crippen molar-refractivity contribution in [3.8, 4) is 11.4 Å². The molecule has 2 aromatic heterocycles. The van der Waals surface area contributed by atoms with Crippen molar-refractivity contribution in [2.75, 3.05) is 24.8 Å². The van der Waals surface area contributed by atoms with Crippen LogP contribution in [0.5, 0.6) is 0 Å². The number of carbonyl (C=O) groups excluding carboxylic acids is 1. The average Bonchev–Trinajstić information content (AvgIpc) is 3.11. The van der Waals surface area contributed by atoms with Crippen LogP contribution >= 0.6 is 11.8 Å². The molecule has 0 saturated carbocycles. The number of carbonyl (C=O) groups is 1. The second-order valence-corrected chi connectivity index (χ2v) is 6.56. The highest BCUT2D eigenvalue weighted by Crippen LogP contribution is 2.24. The molecule has 28 heavy (non-hydrogen) atoms. The van der Waals surface area contributed by atoms with Gasteiger partial charge in [-0.3, -0.25) is 14.3 Å². The van der Waals surface area contributed by atoms with E-state index < -0.39 is 23.2 Å². The number of amides is 1. The van der Waals surface area contributed by atoms with Crippen LogP contribution in [-0.2, 0) is 16.1 Å². The third-order valence-corrected chi connectivity index (χ3v) is 4.70. The molecule has 1 N–H and O–H groups in total. The minimum absolute atomic E-state index is 0.0881. The number of nitrogens with one attached hydrogen (secondary N) is 1. The molecule has 0 aliphatic heterocycles. The lowest BCUT2D eigenvalue weighted by atomic mass is 10.2. The van der Waals surface area contributed by atoms with E-state index >= 15 is 0 Å². The molecule has 0 saturated heterocycles. The zero-order chi connectivity index (χ0) is 19.9. The molecule has 1 aromatic carbocycles. The Bertz CT molecular complexity index is 932. The molecule has 0 radical (unpaired) electrons. The first-order valence-electron chi connectivity index (χ1n) is 8.29. The van der Waals surface area contributed by atoms with Crippen LogP contribution in [0, 0.1) is 11.6 Å². The van der Waals surface area contributed by atoms with Gasteiger partial charge in [-0.05, 0) is 24.3 Å². The number of rotatable bonds is 8. The Kier molecular flexibility index (Phi) is 6.66. The summed E-state index contributed by atoms with van der Waals surface area (Å²) in [4.78, 5) is 16.1. The van der Waals surface area contributed by atoms with Gasteiger partial charge < -0.3 is 10.1 Å². The van der Waals surface area contributed by atoms with Gasteiger partial charge in [0.2, 0.25) is 5.91 Å². The van der Waals surface area contributed by atoms with Crippen molar-refractivity contribution in [1.82, 2.24) is 19.7 Å². The van der Waals surface area contributed by atoms with Gasteiger partial charge in [-0.25, -0.2) is 8.78 Å². The van der Waals surface area contributed by atoms with Crippen LogP contribution < -0.4 is 5.32 Å². The van der Waals surface area contributed by atoms with E-state index in [0.717, 1.165) is 29.5 Å². The second-order valence-electron chi connectivity index (χ2n) is 5.62.